The molecule has 5 heteroatoms. The van der Waals surface area contributed by atoms with Crippen molar-refractivity contribution in [2.45, 2.75) is 84.5 Å². The van der Waals surface area contributed by atoms with Gasteiger partial charge in [-0.3, -0.25) is 0 Å². The van der Waals surface area contributed by atoms with Crippen molar-refractivity contribution >= 4 is 101 Å². The van der Waals surface area contributed by atoms with E-state index in [1.54, 1.807) is 6.07 Å². The summed E-state index contributed by atoms with van der Waals surface area (Å²) in [4.78, 5) is 4.61. The number of anilines is 6. The first-order chi connectivity index (χ1) is 68.4. The second-order valence-electron chi connectivity index (χ2n) is 34.9. The van der Waals surface area contributed by atoms with E-state index in [-0.39, 0.29) is 49.7 Å². The molecule has 0 saturated heterocycles. The number of rotatable bonds is 6. The van der Waals surface area contributed by atoms with E-state index in [0.717, 1.165) is 99.7 Å². The molecular formula is C115H88BN3O. The van der Waals surface area contributed by atoms with Crippen LogP contribution in [0.2, 0.25) is 0 Å². The molecule has 572 valence electrons. The zero-order valence-electron chi connectivity index (χ0n) is 91.2. The Balaban J connectivity index is 0.930. The van der Waals surface area contributed by atoms with Gasteiger partial charge in [-0.05, 0) is 259 Å². The molecule has 0 radical (unpaired) electrons. The third-order valence-corrected chi connectivity index (χ3v) is 24.6. The average Bonchev–Trinajstić information content (AvgIpc) is 1.20. The number of nitrogens with zero attached hydrogens (tertiary/aromatic N) is 3. The fourth-order valence-electron chi connectivity index (χ4n) is 18.6. The van der Waals surface area contributed by atoms with Crippen molar-refractivity contribution in [2.24, 2.45) is 0 Å². The molecule has 5 heterocycles. The average molecular weight is 1560 g/mol. The van der Waals surface area contributed by atoms with E-state index in [2.05, 4.69) is 206 Å². The fourth-order valence-corrected chi connectivity index (χ4v) is 18.6. The molecular weight excluding hydrogens is 1450 g/mol. The molecule has 3 aliphatic heterocycles. The van der Waals surface area contributed by atoms with Crippen LogP contribution in [-0.4, -0.2) is 11.3 Å². The van der Waals surface area contributed by atoms with Gasteiger partial charge < -0.3 is 18.8 Å². The quantitative estimate of drug-likeness (QED) is 0.155. The van der Waals surface area contributed by atoms with Gasteiger partial charge in [0.15, 0.2) is 0 Å². The van der Waals surface area contributed by atoms with Crippen LogP contribution in [0.3, 0.4) is 0 Å². The Hall–Kier alpha value is -14.0. The van der Waals surface area contributed by atoms with E-state index >= 15 is 0 Å². The topological polar surface area (TPSA) is 24.6 Å². The predicted octanol–water partition coefficient (Wildman–Crippen LogP) is 29.5. The molecule has 1 unspecified atom stereocenters. The molecule has 4 nitrogen and oxygen atoms in total. The lowest BCUT2D eigenvalue weighted by atomic mass is 9.33. The van der Waals surface area contributed by atoms with Crippen molar-refractivity contribution in [1.82, 2.24) is 4.57 Å². The van der Waals surface area contributed by atoms with E-state index in [9.17, 15) is 24.7 Å². The van der Waals surface area contributed by atoms with Gasteiger partial charge in [0.1, 0.15) is 11.2 Å². The van der Waals surface area contributed by atoms with Gasteiger partial charge in [-0.15, -0.1) is 0 Å². The van der Waals surface area contributed by atoms with E-state index < -0.39 is 196 Å². The van der Waals surface area contributed by atoms with Gasteiger partial charge in [0.2, 0.25) is 0 Å². The monoisotopic (exact) mass is 1560 g/mol. The summed E-state index contributed by atoms with van der Waals surface area (Å²) >= 11 is 0. The van der Waals surface area contributed by atoms with Crippen LogP contribution in [0.5, 0.6) is 0 Å². The largest absolute Gasteiger partial charge is 0.456 e. The standard InChI is InChI=1S/C115H88BN3O/c1-113(2,3)83-63-91(72-32-18-12-19-33-72)111-93(65-83)80-38-26-36-74(56-80)78-47-54-107-97(60-78)98-61-79(48-55-108(98)120-107)75-37-27-39-81(57-75)94-66-84(114(4,5)6)64-92(73-34-20-13-21-35-73)112(94)119-104-69-86(117-101-43-25-24-41-88(101)96-59-77(46-53-102(96)117)71-30-16-11-17-31-71)49-52-100(104)116-99-51-45-82(62-103(99)118(111)105-67-85(115(7,8)9)68-106(119)110(105)116)109-89-42-23-22-40-87(89)95-58-76(44-50-90(95)109)70-28-14-10-15-29-70/h10-69,109H,1-9H3/i10D,11D,14D,15D,16D,17D,22D,23D,24D,25D,28D,29D,30D,31D,40D,41D,42D,43D,44D,46D,50D,53D,58D,59D. The third-order valence-electron chi connectivity index (χ3n) is 24.6. The first-order valence-corrected chi connectivity index (χ1v) is 40.5. The second-order valence-corrected chi connectivity index (χ2v) is 34.9. The zero-order chi connectivity index (χ0) is 102. The summed E-state index contributed by atoms with van der Waals surface area (Å²) < 4.78 is 239. The Morgan fingerprint density at radius 3 is 1.33 bits per heavy atom. The molecule has 120 heavy (non-hydrogen) atoms. The van der Waals surface area contributed by atoms with E-state index in [1.165, 1.54) is 4.57 Å². The molecule has 0 amide bonds. The molecule has 13 bridgehead atoms. The van der Waals surface area contributed by atoms with Crippen LogP contribution < -0.4 is 26.2 Å². The van der Waals surface area contributed by atoms with Gasteiger partial charge >= 0.3 is 0 Å². The van der Waals surface area contributed by atoms with E-state index in [4.69, 9.17) is 12.6 Å². The summed E-state index contributed by atoms with van der Waals surface area (Å²) in [6.45, 7) is 18.6. The fraction of sp³-hybridized carbons (Fsp3) is 0.113. The van der Waals surface area contributed by atoms with Crippen LogP contribution >= 0.6 is 0 Å². The molecule has 19 aromatic rings. The maximum absolute atomic E-state index is 10.6. The Morgan fingerprint density at radius 1 is 0.300 bits per heavy atom. The van der Waals surface area contributed by atoms with Gasteiger partial charge in [0.25, 0.3) is 6.71 Å². The second kappa shape index (κ2) is 26.8. The lowest BCUT2D eigenvalue weighted by Gasteiger charge is -2.47. The molecule has 2 aromatic heterocycles. The lowest BCUT2D eigenvalue weighted by Crippen LogP contribution is -2.61. The van der Waals surface area contributed by atoms with Gasteiger partial charge in [-0.25, -0.2) is 0 Å². The summed E-state index contributed by atoms with van der Waals surface area (Å²) in [5, 5.41) is 1.24. The maximum Gasteiger partial charge on any atom is 0.252 e. The van der Waals surface area contributed by atoms with Crippen LogP contribution in [0.1, 0.15) is 135 Å². The van der Waals surface area contributed by atoms with E-state index in [1.807, 2.05) is 78.9 Å². The van der Waals surface area contributed by atoms with Crippen molar-refractivity contribution in [1.29, 1.82) is 0 Å². The molecule has 1 aliphatic carbocycles. The third kappa shape index (κ3) is 11.3. The lowest BCUT2D eigenvalue weighted by molar-refractivity contribution is 0.590. The van der Waals surface area contributed by atoms with Crippen molar-refractivity contribution in [2.75, 3.05) is 9.80 Å². The summed E-state index contributed by atoms with van der Waals surface area (Å²) in [5.41, 5.74) is 15.1. The van der Waals surface area contributed by atoms with Gasteiger partial charge in [-0.2, -0.15) is 0 Å². The summed E-state index contributed by atoms with van der Waals surface area (Å²) in [6.07, 6.45) is 0. The van der Waals surface area contributed by atoms with Crippen LogP contribution in [0.4, 0.5) is 34.1 Å². The van der Waals surface area contributed by atoms with Crippen molar-refractivity contribution < 1.29 is 37.3 Å². The molecule has 23 rings (SSSR count). The Bertz CT molecular complexity index is 8980. The first kappa shape index (κ1) is 50.6. The Morgan fingerprint density at radius 2 is 0.758 bits per heavy atom. The molecule has 0 saturated carbocycles. The number of benzene rings is 17. The highest BCUT2D eigenvalue weighted by molar-refractivity contribution is 7.00. The predicted molar refractivity (Wildman–Crippen MR) is 508 cm³/mol. The molecule has 1 atom stereocenters. The minimum atomic E-state index is -1.42. The molecule has 4 aliphatic rings. The van der Waals surface area contributed by atoms with E-state index in [0.29, 0.717) is 61.8 Å². The SMILES string of the molecule is [2H]c1c([2H])c([2H])c(-c2c([2H])c([2H])c3c(c2[2H])-c2c([2H])c([2H])c([2H])c([2H])c2C3c2ccc3c(c2)N2c4cc(C(C)(C)C)cc5c4B3c3ccc(-n4c6c([2H])c([2H])c([2H])c([2H])c6c6c([2H])c(-c7c([2H])c([2H])c([2H])c([2H])c7[2H])c([2H])c([2H])c64)cc3N5c3c(-c4ccccc4)cc(C(C)(C)C)cc3-c3cccc(c3)-c3ccc4oc5ccc(cc5c4c3)-c3cccc(c3)-c3cc(C(C)(C)C)cc(-c4ccccc4)c32)c([2H])c1[2H]. The zero-order valence-corrected chi connectivity index (χ0v) is 67.2. The number of hydrogen-bond acceptors (Lipinski definition) is 3. The summed E-state index contributed by atoms with van der Waals surface area (Å²) in [6, 6.07) is 58.3. The highest BCUT2D eigenvalue weighted by Gasteiger charge is 2.47. The van der Waals surface area contributed by atoms with Crippen LogP contribution in [0.25, 0.3) is 150 Å². The molecule has 0 spiro atoms. The van der Waals surface area contributed by atoms with Crippen LogP contribution in [-0.2, 0) is 16.2 Å². The highest BCUT2D eigenvalue weighted by Crippen LogP contribution is 2.58. The van der Waals surface area contributed by atoms with Crippen molar-refractivity contribution in [3.63, 3.8) is 0 Å². The van der Waals surface area contributed by atoms with Crippen LogP contribution in [0, 0.1) is 0 Å². The van der Waals surface area contributed by atoms with Gasteiger partial charge in [0, 0.05) is 78.2 Å². The smallest absolute Gasteiger partial charge is 0.252 e. The molecule has 0 N–H and O–H groups in total. The van der Waals surface area contributed by atoms with Crippen molar-refractivity contribution in [3.05, 3.63) is 397 Å². The normalized spacial score (nSPS) is 16.5. The number of hydrogen-bond donors (Lipinski definition) is 0. The Kier molecular flexibility index (Phi) is 11.3. The van der Waals surface area contributed by atoms with Crippen molar-refractivity contribution in [3.8, 4) is 106 Å². The van der Waals surface area contributed by atoms with Crippen LogP contribution in [0.15, 0.2) is 368 Å². The number of furan rings is 1. The summed E-state index contributed by atoms with van der Waals surface area (Å²) in [5.74, 6) is -1.42. The minimum Gasteiger partial charge on any atom is -0.456 e. The molecule has 0 fully saturated rings. The number of aromatic nitrogens is 1. The molecule has 17 aromatic carbocycles. The summed E-state index contributed by atoms with van der Waals surface area (Å²) in [7, 11) is 0. The Labute approximate surface area is 736 Å². The maximum atomic E-state index is 10.6. The highest BCUT2D eigenvalue weighted by atomic mass is 16.3. The number of fused-ring (bicyclic) bond motifs is 26. The van der Waals surface area contributed by atoms with Gasteiger partial charge in [-0.1, -0.05) is 311 Å². The first-order valence-electron chi connectivity index (χ1n) is 52.5. The number of para-hydroxylation sites is 1. The minimum absolute atomic E-state index is 0.0461. The van der Waals surface area contributed by atoms with Gasteiger partial charge in [0.05, 0.1) is 55.3 Å².